The third kappa shape index (κ3) is 3.71. The molecule has 0 unspecified atom stereocenters. The molecule has 178 valence electrons. The molecule has 34 heavy (non-hydrogen) atoms. The average molecular weight is 484 g/mol. The highest BCUT2D eigenvalue weighted by atomic mass is 35.5. The number of likely N-dealkylation sites (tertiary alicyclic amines) is 2. The number of fused-ring (bicyclic) bond motifs is 1. The molecule has 10 nitrogen and oxygen atoms in total. The Kier molecular flexibility index (Phi) is 5.76. The number of carbonyl (C=O) groups excluding carboxylic acids is 2. The number of halogens is 1. The summed E-state index contributed by atoms with van der Waals surface area (Å²) in [6.45, 7) is 2.20. The molecule has 2 aliphatic heterocycles. The molecule has 11 heteroatoms. The van der Waals surface area contributed by atoms with Crippen molar-refractivity contribution in [2.75, 3.05) is 33.3 Å². The van der Waals surface area contributed by atoms with Crippen molar-refractivity contribution in [3.8, 4) is 5.75 Å². The van der Waals surface area contributed by atoms with E-state index in [0.717, 1.165) is 18.4 Å². The standard InChI is InChI=1S/C23H26ClN7O3/c1-29-17(10-16-19(24)27-14-28-20(16)29)21(32)30-12-23(13-30)6-3-9-31(23)22(33)26-8-5-15-4-7-25-11-18(15)34-2/h4,7,10-11,14H,3,5-6,8-9,12-13H2,1-2H3,(H,26,33). The van der Waals surface area contributed by atoms with Gasteiger partial charge >= 0.3 is 6.03 Å². The van der Waals surface area contributed by atoms with Gasteiger partial charge in [-0.2, -0.15) is 0 Å². The van der Waals surface area contributed by atoms with E-state index in [4.69, 9.17) is 16.3 Å². The van der Waals surface area contributed by atoms with Crippen molar-refractivity contribution in [3.05, 3.63) is 47.3 Å². The summed E-state index contributed by atoms with van der Waals surface area (Å²) in [5.74, 6) is 0.613. The Morgan fingerprint density at radius 3 is 2.88 bits per heavy atom. The fourth-order valence-electron chi connectivity index (χ4n) is 5.06. The summed E-state index contributed by atoms with van der Waals surface area (Å²) in [4.78, 5) is 42.2. The van der Waals surface area contributed by atoms with E-state index in [0.29, 0.717) is 60.2 Å². The maximum absolute atomic E-state index is 13.2. The Hall–Kier alpha value is -3.40. The second kappa shape index (κ2) is 8.75. The molecule has 1 spiro atoms. The fourth-order valence-corrected chi connectivity index (χ4v) is 5.25. The number of methoxy groups -OCH3 is 1. The number of nitrogens with zero attached hydrogens (tertiary/aromatic N) is 6. The summed E-state index contributed by atoms with van der Waals surface area (Å²) in [6, 6.07) is 3.53. The number of carbonyl (C=O) groups is 2. The number of nitrogens with one attached hydrogen (secondary N) is 1. The molecule has 1 N–H and O–H groups in total. The number of urea groups is 1. The lowest BCUT2D eigenvalue weighted by Crippen LogP contribution is -2.70. The molecule has 3 aromatic rings. The van der Waals surface area contributed by atoms with E-state index in [1.165, 1.54) is 6.33 Å². The Labute approximate surface area is 201 Å². The maximum Gasteiger partial charge on any atom is 0.317 e. The number of aryl methyl sites for hydroxylation is 1. The first kappa shape index (κ1) is 22.4. The first-order valence-electron chi connectivity index (χ1n) is 11.2. The molecule has 0 bridgehead atoms. The zero-order valence-corrected chi connectivity index (χ0v) is 19.9. The maximum atomic E-state index is 13.2. The lowest BCUT2D eigenvalue weighted by atomic mass is 9.86. The van der Waals surface area contributed by atoms with Gasteiger partial charge in [0.05, 0.1) is 24.2 Å². The Morgan fingerprint density at radius 1 is 1.29 bits per heavy atom. The largest absolute Gasteiger partial charge is 0.495 e. The third-order valence-corrected chi connectivity index (χ3v) is 7.15. The lowest BCUT2D eigenvalue weighted by molar-refractivity contribution is -0.00232. The molecule has 0 saturated carbocycles. The lowest BCUT2D eigenvalue weighted by Gasteiger charge is -2.52. The summed E-state index contributed by atoms with van der Waals surface area (Å²) in [7, 11) is 3.40. The molecule has 2 fully saturated rings. The van der Waals surface area contributed by atoms with Crippen molar-refractivity contribution in [1.29, 1.82) is 0 Å². The number of pyridine rings is 1. The van der Waals surface area contributed by atoms with Gasteiger partial charge < -0.3 is 24.4 Å². The van der Waals surface area contributed by atoms with Gasteiger partial charge in [-0.3, -0.25) is 9.78 Å². The molecule has 5 heterocycles. The van der Waals surface area contributed by atoms with Gasteiger partial charge in [0.2, 0.25) is 0 Å². The Morgan fingerprint density at radius 2 is 2.12 bits per heavy atom. The second-order valence-corrected chi connectivity index (χ2v) is 9.16. The van der Waals surface area contributed by atoms with Gasteiger partial charge in [-0.05, 0) is 37.0 Å². The van der Waals surface area contributed by atoms with Crippen LogP contribution in [0, 0.1) is 0 Å². The summed E-state index contributed by atoms with van der Waals surface area (Å²) in [6.07, 6.45) is 7.22. The molecule has 0 aliphatic carbocycles. The summed E-state index contributed by atoms with van der Waals surface area (Å²) >= 11 is 6.17. The van der Waals surface area contributed by atoms with Crippen molar-refractivity contribution in [2.24, 2.45) is 7.05 Å². The molecule has 2 aliphatic rings. The Bertz CT molecular complexity index is 1250. The zero-order valence-electron chi connectivity index (χ0n) is 19.1. The van der Waals surface area contributed by atoms with Gasteiger partial charge in [0.15, 0.2) is 0 Å². The van der Waals surface area contributed by atoms with Crippen molar-refractivity contribution in [3.63, 3.8) is 0 Å². The molecule has 3 aromatic heterocycles. The number of hydrogen-bond donors (Lipinski definition) is 1. The number of amides is 3. The molecule has 0 atom stereocenters. The van der Waals surface area contributed by atoms with Gasteiger partial charge in [0, 0.05) is 39.4 Å². The Balaban J connectivity index is 1.22. The summed E-state index contributed by atoms with van der Waals surface area (Å²) in [5, 5.41) is 4.00. The molecule has 2 saturated heterocycles. The van der Waals surface area contributed by atoms with Crippen molar-refractivity contribution in [2.45, 2.75) is 24.8 Å². The van der Waals surface area contributed by atoms with Crippen LogP contribution in [0.2, 0.25) is 5.15 Å². The first-order valence-corrected chi connectivity index (χ1v) is 11.6. The summed E-state index contributed by atoms with van der Waals surface area (Å²) < 4.78 is 7.07. The predicted molar refractivity (Wildman–Crippen MR) is 126 cm³/mol. The fraction of sp³-hybridized carbons (Fsp3) is 0.435. The number of aromatic nitrogens is 4. The minimum absolute atomic E-state index is 0.0933. The topological polar surface area (TPSA) is 105 Å². The number of rotatable bonds is 5. The zero-order chi connectivity index (χ0) is 23.9. The highest BCUT2D eigenvalue weighted by Crippen LogP contribution is 2.38. The van der Waals surface area contributed by atoms with Crippen LogP contribution in [0.25, 0.3) is 11.0 Å². The van der Waals surface area contributed by atoms with E-state index >= 15 is 0 Å². The van der Waals surface area contributed by atoms with Gasteiger partial charge in [-0.25, -0.2) is 14.8 Å². The normalized spacial score (nSPS) is 16.7. The van der Waals surface area contributed by atoms with Crippen LogP contribution < -0.4 is 10.1 Å². The smallest absolute Gasteiger partial charge is 0.317 e. The summed E-state index contributed by atoms with van der Waals surface area (Å²) in [5.41, 5.74) is 1.81. The van der Waals surface area contributed by atoms with Crippen LogP contribution in [0.15, 0.2) is 30.9 Å². The SMILES string of the molecule is COc1cnccc1CCNC(=O)N1CCCC12CN(C(=O)c1cc3c(Cl)ncnc3n1C)C2. The van der Waals surface area contributed by atoms with E-state index < -0.39 is 0 Å². The number of hydrogen-bond acceptors (Lipinski definition) is 6. The second-order valence-electron chi connectivity index (χ2n) is 8.80. The molecule has 0 aromatic carbocycles. The van der Waals surface area contributed by atoms with E-state index in [9.17, 15) is 9.59 Å². The van der Waals surface area contributed by atoms with Crippen LogP contribution in [0.1, 0.15) is 28.9 Å². The van der Waals surface area contributed by atoms with Gasteiger partial charge in [-0.15, -0.1) is 0 Å². The highest BCUT2D eigenvalue weighted by Gasteiger charge is 2.53. The van der Waals surface area contributed by atoms with Crippen LogP contribution in [0.3, 0.4) is 0 Å². The molecular weight excluding hydrogens is 458 g/mol. The highest BCUT2D eigenvalue weighted by molar-refractivity contribution is 6.34. The quantitative estimate of drug-likeness (QED) is 0.558. The average Bonchev–Trinajstić information content (AvgIpc) is 3.41. The van der Waals surface area contributed by atoms with Crippen LogP contribution in [0.5, 0.6) is 5.75 Å². The van der Waals surface area contributed by atoms with Crippen molar-refractivity contribution < 1.29 is 14.3 Å². The first-order chi connectivity index (χ1) is 16.4. The van der Waals surface area contributed by atoms with E-state index in [-0.39, 0.29) is 17.5 Å². The predicted octanol–water partition coefficient (Wildman–Crippen LogP) is 2.27. The van der Waals surface area contributed by atoms with Crippen LogP contribution in [-0.2, 0) is 13.5 Å². The van der Waals surface area contributed by atoms with Crippen molar-refractivity contribution in [1.82, 2.24) is 34.6 Å². The minimum atomic E-state index is -0.309. The van der Waals surface area contributed by atoms with Gasteiger partial charge in [0.25, 0.3) is 5.91 Å². The van der Waals surface area contributed by atoms with E-state index in [2.05, 4.69) is 20.3 Å². The molecule has 0 radical (unpaired) electrons. The van der Waals surface area contributed by atoms with Crippen molar-refractivity contribution >= 4 is 34.6 Å². The molecule has 5 rings (SSSR count). The van der Waals surface area contributed by atoms with Crippen LogP contribution >= 0.6 is 11.6 Å². The van der Waals surface area contributed by atoms with E-state index in [1.807, 2.05) is 11.0 Å². The molecule has 3 amide bonds. The number of ether oxygens (including phenoxy) is 1. The van der Waals surface area contributed by atoms with Crippen LogP contribution in [0.4, 0.5) is 4.79 Å². The van der Waals surface area contributed by atoms with Crippen LogP contribution in [-0.4, -0.2) is 80.1 Å². The monoisotopic (exact) mass is 483 g/mol. The van der Waals surface area contributed by atoms with Gasteiger partial charge in [0.1, 0.15) is 28.6 Å². The van der Waals surface area contributed by atoms with Gasteiger partial charge in [-0.1, -0.05) is 11.6 Å². The molecular formula is C23H26ClN7O3. The minimum Gasteiger partial charge on any atom is -0.495 e. The third-order valence-electron chi connectivity index (χ3n) is 6.85. The van der Waals surface area contributed by atoms with E-state index in [1.54, 1.807) is 42.1 Å².